The molecule has 1 aliphatic carbocycles. The molecular weight excluding hydrogens is 232 g/mol. The van der Waals surface area contributed by atoms with Crippen LogP contribution >= 0.6 is 0 Å². The summed E-state index contributed by atoms with van der Waals surface area (Å²) in [5.41, 5.74) is 0.509. The van der Waals surface area contributed by atoms with Crippen molar-refractivity contribution in [2.24, 2.45) is 11.3 Å². The molecule has 2 heteroatoms. The van der Waals surface area contributed by atoms with Crippen LogP contribution in [-0.2, 0) is 0 Å². The second kappa shape index (κ2) is 6.58. The van der Waals surface area contributed by atoms with E-state index in [-0.39, 0.29) is 0 Å². The summed E-state index contributed by atoms with van der Waals surface area (Å²) in [5.74, 6) is 0.939. The Morgan fingerprint density at radius 3 is 2.16 bits per heavy atom. The summed E-state index contributed by atoms with van der Waals surface area (Å²) in [7, 11) is 0. The Bertz CT molecular complexity index is 255. The third-order valence-electron chi connectivity index (χ3n) is 5.38. The molecule has 1 unspecified atom stereocenters. The highest BCUT2D eigenvalue weighted by atomic mass is 15.2. The molecule has 0 aromatic rings. The maximum Gasteiger partial charge on any atom is 0.0235 e. The number of nitrogens with zero attached hydrogens (tertiary/aromatic N) is 1. The van der Waals surface area contributed by atoms with Crippen molar-refractivity contribution >= 4 is 0 Å². The Morgan fingerprint density at radius 1 is 1.00 bits per heavy atom. The van der Waals surface area contributed by atoms with E-state index in [4.69, 9.17) is 0 Å². The van der Waals surface area contributed by atoms with E-state index < -0.39 is 0 Å². The zero-order chi connectivity index (χ0) is 13.9. The van der Waals surface area contributed by atoms with E-state index in [0.717, 1.165) is 18.0 Å². The van der Waals surface area contributed by atoms with Gasteiger partial charge in [0.05, 0.1) is 0 Å². The van der Waals surface area contributed by atoms with Crippen molar-refractivity contribution in [3.63, 3.8) is 0 Å². The van der Waals surface area contributed by atoms with Crippen LogP contribution in [0.4, 0.5) is 0 Å². The van der Waals surface area contributed by atoms with Crippen LogP contribution in [0.5, 0.6) is 0 Å². The maximum absolute atomic E-state index is 3.54. The van der Waals surface area contributed by atoms with Gasteiger partial charge < -0.3 is 5.32 Å². The van der Waals surface area contributed by atoms with Gasteiger partial charge in [0.15, 0.2) is 0 Å². The molecule has 0 amide bonds. The number of nitrogens with one attached hydrogen (secondary N) is 1. The van der Waals surface area contributed by atoms with Crippen molar-refractivity contribution < 1.29 is 0 Å². The molecule has 1 N–H and O–H groups in total. The molecule has 0 bridgehead atoms. The van der Waals surface area contributed by atoms with E-state index in [1.165, 1.54) is 58.2 Å². The minimum absolute atomic E-state index is 0.509. The monoisotopic (exact) mass is 266 g/mol. The molecule has 1 saturated heterocycles. The Balaban J connectivity index is 1.89. The van der Waals surface area contributed by atoms with E-state index in [9.17, 15) is 0 Å². The molecule has 0 aromatic heterocycles. The van der Waals surface area contributed by atoms with Crippen LogP contribution in [0.2, 0.25) is 0 Å². The van der Waals surface area contributed by atoms with Crippen LogP contribution in [0.1, 0.15) is 66.2 Å². The lowest BCUT2D eigenvalue weighted by Gasteiger charge is -2.43. The van der Waals surface area contributed by atoms with Gasteiger partial charge in [-0.3, -0.25) is 4.90 Å². The molecule has 0 radical (unpaired) electrons. The van der Waals surface area contributed by atoms with E-state index in [2.05, 4.69) is 37.9 Å². The van der Waals surface area contributed by atoms with Gasteiger partial charge in [0, 0.05) is 18.6 Å². The summed E-state index contributed by atoms with van der Waals surface area (Å²) in [4.78, 5) is 2.85. The van der Waals surface area contributed by atoms with Gasteiger partial charge in [0.2, 0.25) is 0 Å². The van der Waals surface area contributed by atoms with Crippen molar-refractivity contribution in [3.8, 4) is 0 Å². The summed E-state index contributed by atoms with van der Waals surface area (Å²) >= 11 is 0. The number of rotatable bonds is 4. The van der Waals surface area contributed by atoms with Gasteiger partial charge in [-0.25, -0.2) is 0 Å². The van der Waals surface area contributed by atoms with E-state index >= 15 is 0 Å². The van der Waals surface area contributed by atoms with Crippen molar-refractivity contribution in [2.45, 2.75) is 78.3 Å². The molecule has 2 aliphatic rings. The molecular formula is C17H34N2. The summed E-state index contributed by atoms with van der Waals surface area (Å²) < 4.78 is 0. The molecule has 2 rings (SSSR count). The summed E-state index contributed by atoms with van der Waals surface area (Å²) in [6.45, 7) is 13.3. The van der Waals surface area contributed by atoms with Crippen molar-refractivity contribution in [3.05, 3.63) is 0 Å². The SMILES string of the molecule is CCCN(C1CCC(C(C)(C)C)CC1)C1CCNC1. The topological polar surface area (TPSA) is 15.3 Å². The Morgan fingerprint density at radius 2 is 1.68 bits per heavy atom. The predicted molar refractivity (Wildman–Crippen MR) is 83.5 cm³/mol. The molecule has 112 valence electrons. The zero-order valence-electron chi connectivity index (χ0n) is 13.5. The quantitative estimate of drug-likeness (QED) is 0.835. The minimum atomic E-state index is 0.509. The van der Waals surface area contributed by atoms with Gasteiger partial charge in [-0.05, 0) is 62.9 Å². The molecule has 1 aliphatic heterocycles. The highest BCUT2D eigenvalue weighted by Gasteiger charge is 2.34. The van der Waals surface area contributed by atoms with Crippen LogP contribution in [-0.4, -0.2) is 36.6 Å². The van der Waals surface area contributed by atoms with Gasteiger partial charge >= 0.3 is 0 Å². The largest absolute Gasteiger partial charge is 0.315 e. The highest BCUT2D eigenvalue weighted by Crippen LogP contribution is 2.39. The molecule has 1 heterocycles. The standard InChI is InChI=1S/C17H34N2/c1-5-12-19(16-10-11-18-13-16)15-8-6-14(7-9-15)17(2,3)4/h14-16,18H,5-13H2,1-4H3. The third kappa shape index (κ3) is 3.95. The maximum atomic E-state index is 3.54. The first kappa shape index (κ1) is 15.3. The zero-order valence-corrected chi connectivity index (χ0v) is 13.5. The molecule has 2 nitrogen and oxygen atoms in total. The fraction of sp³-hybridized carbons (Fsp3) is 1.00. The predicted octanol–water partition coefficient (Wildman–Crippen LogP) is 3.67. The van der Waals surface area contributed by atoms with Gasteiger partial charge in [-0.2, -0.15) is 0 Å². The lowest BCUT2D eigenvalue weighted by atomic mass is 9.71. The second-order valence-electron chi connectivity index (χ2n) is 7.76. The molecule has 1 saturated carbocycles. The highest BCUT2D eigenvalue weighted by molar-refractivity contribution is 4.89. The number of hydrogen-bond acceptors (Lipinski definition) is 2. The number of hydrogen-bond donors (Lipinski definition) is 1. The molecule has 19 heavy (non-hydrogen) atoms. The molecule has 0 spiro atoms. The smallest absolute Gasteiger partial charge is 0.0235 e. The van der Waals surface area contributed by atoms with Gasteiger partial charge in [0.25, 0.3) is 0 Å². The lowest BCUT2D eigenvalue weighted by Crippen LogP contribution is -2.47. The first-order valence-corrected chi connectivity index (χ1v) is 8.49. The van der Waals surface area contributed by atoms with E-state index in [1.54, 1.807) is 0 Å². The van der Waals surface area contributed by atoms with Crippen molar-refractivity contribution in [1.29, 1.82) is 0 Å². The average Bonchev–Trinajstić information content (AvgIpc) is 2.89. The normalized spacial score (nSPS) is 33.0. The summed E-state index contributed by atoms with van der Waals surface area (Å²) in [5, 5.41) is 3.54. The van der Waals surface area contributed by atoms with Gasteiger partial charge in [-0.15, -0.1) is 0 Å². The lowest BCUT2D eigenvalue weighted by molar-refractivity contribution is 0.0711. The fourth-order valence-electron chi connectivity index (χ4n) is 4.12. The third-order valence-corrected chi connectivity index (χ3v) is 5.38. The van der Waals surface area contributed by atoms with E-state index in [0.29, 0.717) is 5.41 Å². The van der Waals surface area contributed by atoms with Crippen LogP contribution in [0.3, 0.4) is 0 Å². The first-order valence-electron chi connectivity index (χ1n) is 8.49. The summed E-state index contributed by atoms with van der Waals surface area (Å²) in [6.07, 6.45) is 8.40. The second-order valence-corrected chi connectivity index (χ2v) is 7.76. The Kier molecular flexibility index (Phi) is 5.30. The van der Waals surface area contributed by atoms with Gasteiger partial charge in [-0.1, -0.05) is 27.7 Å². The van der Waals surface area contributed by atoms with Crippen LogP contribution in [0, 0.1) is 11.3 Å². The van der Waals surface area contributed by atoms with Gasteiger partial charge in [0.1, 0.15) is 0 Å². The van der Waals surface area contributed by atoms with Crippen molar-refractivity contribution in [1.82, 2.24) is 10.2 Å². The fourth-order valence-corrected chi connectivity index (χ4v) is 4.12. The minimum Gasteiger partial charge on any atom is -0.315 e. The van der Waals surface area contributed by atoms with Crippen LogP contribution < -0.4 is 5.32 Å². The van der Waals surface area contributed by atoms with Crippen LogP contribution in [0.25, 0.3) is 0 Å². The van der Waals surface area contributed by atoms with E-state index in [1.807, 2.05) is 0 Å². The average molecular weight is 266 g/mol. The Labute approximate surface area is 120 Å². The molecule has 0 aromatic carbocycles. The molecule has 2 fully saturated rings. The first-order chi connectivity index (χ1) is 9.02. The Hall–Kier alpha value is -0.0800. The summed E-state index contributed by atoms with van der Waals surface area (Å²) in [6, 6.07) is 1.68. The molecule has 1 atom stereocenters. The van der Waals surface area contributed by atoms with Crippen LogP contribution in [0.15, 0.2) is 0 Å². The van der Waals surface area contributed by atoms with Crippen molar-refractivity contribution in [2.75, 3.05) is 19.6 Å².